The first-order chi connectivity index (χ1) is 8.85. The van der Waals surface area contributed by atoms with Crippen LogP contribution in [0.25, 0.3) is 0 Å². The van der Waals surface area contributed by atoms with Crippen LogP contribution in [0.5, 0.6) is 0 Å². The number of nitrogens with one attached hydrogen (secondary N) is 1. The van der Waals surface area contributed by atoms with Gasteiger partial charge in [0.05, 0.1) is 13.2 Å². The van der Waals surface area contributed by atoms with Crippen LogP contribution in [-0.4, -0.2) is 50.8 Å². The Balaban J connectivity index is 0.00000180. The second-order valence-corrected chi connectivity index (χ2v) is 5.44. The molecule has 1 heterocycles. The molecule has 0 spiro atoms. The molecule has 2 aliphatic rings. The van der Waals surface area contributed by atoms with Crippen molar-refractivity contribution < 1.29 is 4.74 Å². The molecule has 0 amide bonds. The number of methoxy groups -OCH3 is 1. The average Bonchev–Trinajstić information content (AvgIpc) is 2.81. The topological polar surface area (TPSA) is 36.9 Å². The summed E-state index contributed by atoms with van der Waals surface area (Å²) in [7, 11) is 1.73. The lowest BCUT2D eigenvalue weighted by molar-refractivity contribution is 0.207. The van der Waals surface area contributed by atoms with Gasteiger partial charge in [-0.3, -0.25) is 4.99 Å². The zero-order valence-corrected chi connectivity index (χ0v) is 14.6. The van der Waals surface area contributed by atoms with Crippen molar-refractivity contribution in [3.63, 3.8) is 0 Å². The summed E-state index contributed by atoms with van der Waals surface area (Å²) in [6, 6.07) is 0. The fourth-order valence-corrected chi connectivity index (χ4v) is 3.25. The highest BCUT2D eigenvalue weighted by Gasteiger charge is 2.35. The standard InChI is InChI=1S/C14H27N3O.HI/c1-3-15-14(16-8-9-18-2)17-10-12-6-4-5-7-13(12)11-17;/h12-13H,3-11H2,1-2H3,(H,15,16);1H. The summed E-state index contributed by atoms with van der Waals surface area (Å²) < 4.78 is 5.07. The number of hydrogen-bond donors (Lipinski definition) is 1. The van der Waals surface area contributed by atoms with Gasteiger partial charge in [-0.1, -0.05) is 12.8 Å². The molecule has 1 aliphatic carbocycles. The fourth-order valence-electron chi connectivity index (χ4n) is 3.25. The molecule has 1 saturated carbocycles. The summed E-state index contributed by atoms with van der Waals surface area (Å²) in [5.74, 6) is 2.90. The Morgan fingerprint density at radius 3 is 2.42 bits per heavy atom. The van der Waals surface area contributed by atoms with Gasteiger partial charge >= 0.3 is 0 Å². The van der Waals surface area contributed by atoms with Crippen molar-refractivity contribution in [2.24, 2.45) is 16.8 Å². The third-order valence-electron chi connectivity index (χ3n) is 4.17. The molecule has 2 atom stereocenters. The van der Waals surface area contributed by atoms with E-state index >= 15 is 0 Å². The smallest absolute Gasteiger partial charge is 0.194 e. The van der Waals surface area contributed by atoms with Crippen LogP contribution in [-0.2, 0) is 4.74 Å². The third-order valence-corrected chi connectivity index (χ3v) is 4.17. The van der Waals surface area contributed by atoms with Gasteiger partial charge in [0.2, 0.25) is 0 Å². The molecular weight excluding hydrogens is 353 g/mol. The van der Waals surface area contributed by atoms with Crippen molar-refractivity contribution in [3.8, 4) is 0 Å². The number of hydrogen-bond acceptors (Lipinski definition) is 2. The largest absolute Gasteiger partial charge is 0.383 e. The fraction of sp³-hybridized carbons (Fsp3) is 0.929. The van der Waals surface area contributed by atoms with Gasteiger partial charge in [-0.2, -0.15) is 0 Å². The molecule has 2 rings (SSSR count). The van der Waals surface area contributed by atoms with Crippen LogP contribution >= 0.6 is 24.0 Å². The van der Waals surface area contributed by atoms with Gasteiger partial charge in [0, 0.05) is 26.7 Å². The Morgan fingerprint density at radius 1 is 1.26 bits per heavy atom. The molecular formula is C14H28IN3O. The molecule has 19 heavy (non-hydrogen) atoms. The number of guanidine groups is 1. The van der Waals surface area contributed by atoms with E-state index in [2.05, 4.69) is 22.1 Å². The van der Waals surface area contributed by atoms with E-state index in [1.165, 1.54) is 38.8 Å². The number of nitrogens with zero attached hydrogens (tertiary/aromatic N) is 2. The SMILES string of the molecule is CCNC(=NCCOC)N1CC2CCCCC2C1.I. The quantitative estimate of drug-likeness (QED) is 0.352. The molecule has 0 aromatic heterocycles. The maximum absolute atomic E-state index is 5.07. The van der Waals surface area contributed by atoms with Gasteiger partial charge in [0.1, 0.15) is 0 Å². The first kappa shape index (κ1) is 17.0. The van der Waals surface area contributed by atoms with E-state index in [0.717, 1.165) is 30.9 Å². The molecule has 0 aromatic carbocycles. The molecule has 112 valence electrons. The van der Waals surface area contributed by atoms with Gasteiger partial charge in [-0.15, -0.1) is 24.0 Å². The molecule has 0 radical (unpaired) electrons. The zero-order valence-electron chi connectivity index (χ0n) is 12.2. The number of aliphatic imine (C=N–C) groups is 1. The molecule has 2 fully saturated rings. The maximum atomic E-state index is 5.07. The minimum absolute atomic E-state index is 0. The van der Waals surface area contributed by atoms with Crippen LogP contribution in [0.1, 0.15) is 32.6 Å². The minimum atomic E-state index is 0. The van der Waals surface area contributed by atoms with Gasteiger partial charge < -0.3 is 15.0 Å². The van der Waals surface area contributed by atoms with Crippen molar-refractivity contribution in [2.75, 3.05) is 39.9 Å². The van der Waals surface area contributed by atoms with Crippen molar-refractivity contribution in [3.05, 3.63) is 0 Å². The lowest BCUT2D eigenvalue weighted by Gasteiger charge is -2.22. The Bertz CT molecular complexity index is 272. The van der Waals surface area contributed by atoms with E-state index < -0.39 is 0 Å². The van der Waals surface area contributed by atoms with Gasteiger partial charge in [0.15, 0.2) is 5.96 Å². The minimum Gasteiger partial charge on any atom is -0.383 e. The predicted octanol–water partition coefficient (Wildman–Crippen LogP) is 2.34. The summed E-state index contributed by atoms with van der Waals surface area (Å²) in [6.07, 6.45) is 5.68. The first-order valence-electron chi connectivity index (χ1n) is 7.37. The highest BCUT2D eigenvalue weighted by Crippen LogP contribution is 2.35. The lowest BCUT2D eigenvalue weighted by Crippen LogP contribution is -2.40. The number of likely N-dealkylation sites (tertiary alicyclic amines) is 1. The molecule has 0 aromatic rings. The summed E-state index contributed by atoms with van der Waals surface area (Å²) >= 11 is 0. The molecule has 5 heteroatoms. The second-order valence-electron chi connectivity index (χ2n) is 5.44. The van der Waals surface area contributed by atoms with Gasteiger partial charge in [-0.25, -0.2) is 0 Å². The Hall–Kier alpha value is -0.0400. The lowest BCUT2D eigenvalue weighted by atomic mass is 9.82. The monoisotopic (exact) mass is 381 g/mol. The van der Waals surface area contributed by atoms with Crippen LogP contribution < -0.4 is 5.32 Å². The summed E-state index contributed by atoms with van der Waals surface area (Å²) in [5.41, 5.74) is 0. The average molecular weight is 381 g/mol. The summed E-state index contributed by atoms with van der Waals surface area (Å²) in [5, 5.41) is 3.41. The number of ether oxygens (including phenoxy) is 1. The highest BCUT2D eigenvalue weighted by molar-refractivity contribution is 14.0. The number of rotatable bonds is 4. The van der Waals surface area contributed by atoms with Crippen LogP contribution in [0.3, 0.4) is 0 Å². The maximum Gasteiger partial charge on any atom is 0.194 e. The van der Waals surface area contributed by atoms with E-state index in [-0.39, 0.29) is 24.0 Å². The normalized spacial score (nSPS) is 26.8. The van der Waals surface area contributed by atoms with Crippen molar-refractivity contribution in [2.45, 2.75) is 32.6 Å². The van der Waals surface area contributed by atoms with E-state index in [4.69, 9.17) is 4.74 Å². The van der Waals surface area contributed by atoms with Gasteiger partial charge in [0.25, 0.3) is 0 Å². The molecule has 1 saturated heterocycles. The van der Waals surface area contributed by atoms with Crippen molar-refractivity contribution >= 4 is 29.9 Å². The summed E-state index contributed by atoms with van der Waals surface area (Å²) in [4.78, 5) is 7.11. The van der Waals surface area contributed by atoms with Crippen LogP contribution in [0.2, 0.25) is 0 Å². The van der Waals surface area contributed by atoms with E-state index in [1.807, 2.05) is 0 Å². The predicted molar refractivity (Wildman–Crippen MR) is 90.3 cm³/mol. The van der Waals surface area contributed by atoms with E-state index in [1.54, 1.807) is 7.11 Å². The Morgan fingerprint density at radius 2 is 1.89 bits per heavy atom. The Kier molecular flexibility index (Phi) is 8.06. The first-order valence-corrected chi connectivity index (χ1v) is 7.37. The van der Waals surface area contributed by atoms with Crippen LogP contribution in [0, 0.1) is 11.8 Å². The molecule has 2 unspecified atom stereocenters. The molecule has 4 nitrogen and oxygen atoms in total. The number of fused-ring (bicyclic) bond motifs is 1. The number of halogens is 1. The van der Waals surface area contributed by atoms with Crippen molar-refractivity contribution in [1.29, 1.82) is 0 Å². The van der Waals surface area contributed by atoms with Crippen LogP contribution in [0.4, 0.5) is 0 Å². The highest BCUT2D eigenvalue weighted by atomic mass is 127. The summed E-state index contributed by atoms with van der Waals surface area (Å²) in [6.45, 7) is 6.93. The third kappa shape index (κ3) is 4.77. The second kappa shape index (κ2) is 9.00. The van der Waals surface area contributed by atoms with Crippen LogP contribution in [0.15, 0.2) is 4.99 Å². The Labute approximate surface area is 134 Å². The zero-order chi connectivity index (χ0) is 12.8. The molecule has 1 aliphatic heterocycles. The van der Waals surface area contributed by atoms with Gasteiger partial charge in [-0.05, 0) is 31.6 Å². The van der Waals surface area contributed by atoms with E-state index in [9.17, 15) is 0 Å². The van der Waals surface area contributed by atoms with E-state index in [0.29, 0.717) is 6.61 Å². The molecule has 1 N–H and O–H groups in total. The van der Waals surface area contributed by atoms with Crippen molar-refractivity contribution in [1.82, 2.24) is 10.2 Å². The molecule has 0 bridgehead atoms.